The molecule has 0 radical (unpaired) electrons. The van der Waals surface area contributed by atoms with Crippen molar-refractivity contribution in [2.75, 3.05) is 31.9 Å². The summed E-state index contributed by atoms with van der Waals surface area (Å²) in [5.74, 6) is 0. The maximum absolute atomic E-state index is 12.5. The molecule has 0 atom stereocenters. The molecule has 2 aliphatic heterocycles. The van der Waals surface area contributed by atoms with Crippen LogP contribution in [0.5, 0.6) is 0 Å². The van der Waals surface area contributed by atoms with E-state index in [-0.39, 0.29) is 141 Å². The number of rotatable bonds is 10. The number of hydrazine groups is 4. The van der Waals surface area contributed by atoms with Gasteiger partial charge in [-0.3, -0.25) is 26.7 Å². The van der Waals surface area contributed by atoms with E-state index in [2.05, 4.69) is 31.1 Å². The minimum Gasteiger partial charge on any atom is -0.744 e. The van der Waals surface area contributed by atoms with Gasteiger partial charge in [0.05, 0.1) is 60.9 Å². The van der Waals surface area contributed by atoms with Gasteiger partial charge in [-0.05, 0) is 82.6 Å². The van der Waals surface area contributed by atoms with Crippen molar-refractivity contribution in [3.8, 4) is 0 Å². The number of hydrogen-bond acceptors (Lipinski definition) is 19. The first-order valence-electron chi connectivity index (χ1n) is 15.8. The first kappa shape index (κ1) is 51.0. The van der Waals surface area contributed by atoms with E-state index in [0.717, 1.165) is 34.9 Å². The summed E-state index contributed by atoms with van der Waals surface area (Å²) in [6, 6.07) is 23.7. The van der Waals surface area contributed by atoms with E-state index < -0.39 is 45.0 Å². The Bertz CT molecular complexity index is 3010. The van der Waals surface area contributed by atoms with Crippen LogP contribution >= 0.6 is 12.0 Å². The van der Waals surface area contributed by atoms with Gasteiger partial charge in [-0.25, -0.2) is 25.3 Å². The molecule has 2 aliphatic rings. The number of benzene rings is 6. The van der Waals surface area contributed by atoms with Gasteiger partial charge in [-0.15, -0.1) is 0 Å². The van der Waals surface area contributed by atoms with E-state index in [0.29, 0.717) is 38.4 Å². The van der Waals surface area contributed by atoms with Gasteiger partial charge in [0.25, 0.3) is 0 Å². The third-order valence-corrected chi connectivity index (χ3v) is 12.0. The van der Waals surface area contributed by atoms with Crippen molar-refractivity contribution < 1.29 is 172 Å². The van der Waals surface area contributed by atoms with Gasteiger partial charge in [0.1, 0.15) is 30.4 Å². The maximum Gasteiger partial charge on any atom is 1.00 e. The Kier molecular flexibility index (Phi) is 17.0. The fourth-order valence-electron chi connectivity index (χ4n) is 6.29. The summed E-state index contributed by atoms with van der Waals surface area (Å²) in [5.41, 5.74) is 14.7. The van der Waals surface area contributed by atoms with Gasteiger partial charge < -0.3 is 18.9 Å². The Balaban J connectivity index is 0.00000198. The van der Waals surface area contributed by atoms with Crippen LogP contribution in [0.1, 0.15) is 11.1 Å². The molecule has 0 aromatic heterocycles. The summed E-state index contributed by atoms with van der Waals surface area (Å²) in [6.45, 7) is 0. The van der Waals surface area contributed by atoms with Crippen molar-refractivity contribution in [3.63, 3.8) is 0 Å². The van der Waals surface area contributed by atoms with Crippen LogP contribution in [0.2, 0.25) is 0 Å². The minimum atomic E-state index is -5.11. The Morgan fingerprint density at radius 2 is 1.00 bits per heavy atom. The number of nitrogens with zero attached hydrogens (tertiary/aromatic N) is 2. The van der Waals surface area contributed by atoms with Crippen molar-refractivity contribution in [2.24, 2.45) is 0 Å². The molecule has 288 valence electrons. The van der Waals surface area contributed by atoms with Gasteiger partial charge >= 0.3 is 118 Å². The molecule has 0 amide bonds. The molecular formula is C34H22N6Na4O12S4. The average Bonchev–Trinajstić information content (AvgIpc) is 3.80. The van der Waals surface area contributed by atoms with Crippen LogP contribution in [0.4, 0.5) is 34.1 Å². The summed E-state index contributed by atoms with van der Waals surface area (Å²) in [6.07, 6.45) is 2.40. The Labute approximate surface area is 435 Å². The monoisotopic (exact) mass is 926 g/mol. The van der Waals surface area contributed by atoms with Crippen molar-refractivity contribution in [2.45, 2.75) is 19.6 Å². The van der Waals surface area contributed by atoms with Crippen molar-refractivity contribution >= 4 is 110 Å². The van der Waals surface area contributed by atoms with E-state index in [1.165, 1.54) is 64.9 Å². The summed E-state index contributed by atoms with van der Waals surface area (Å²) in [5, 5.41) is 18.8. The van der Waals surface area contributed by atoms with Crippen LogP contribution in [0, 0.1) is 0 Å². The molecule has 6 aromatic rings. The zero-order chi connectivity index (χ0) is 39.6. The molecule has 4 N–H and O–H groups in total. The van der Waals surface area contributed by atoms with Crippen LogP contribution in [0.15, 0.2) is 117 Å². The van der Waals surface area contributed by atoms with Gasteiger partial charge in [-0.2, -0.15) is 14.6 Å². The van der Waals surface area contributed by atoms with Gasteiger partial charge in [0, 0.05) is 15.7 Å². The van der Waals surface area contributed by atoms with Crippen molar-refractivity contribution in [1.29, 1.82) is 0 Å². The molecule has 60 heavy (non-hydrogen) atoms. The van der Waals surface area contributed by atoms with Gasteiger partial charge in [0.15, 0.2) is 0 Å². The third kappa shape index (κ3) is 10.6. The molecule has 6 aromatic carbocycles. The van der Waals surface area contributed by atoms with E-state index in [1.54, 1.807) is 36.4 Å². The topological polar surface area (TPSA) is 268 Å². The molecule has 0 saturated heterocycles. The molecule has 0 spiro atoms. The molecule has 0 bridgehead atoms. The molecule has 0 aliphatic carbocycles. The fourth-order valence-corrected chi connectivity index (χ4v) is 8.59. The Morgan fingerprint density at radius 3 is 1.45 bits per heavy atom. The van der Waals surface area contributed by atoms with Crippen LogP contribution < -0.4 is 155 Å². The second-order valence-electron chi connectivity index (χ2n) is 12.2. The molecule has 0 unspecified atom stereocenters. The quantitative estimate of drug-likeness (QED) is 0.0248. The van der Waals surface area contributed by atoms with E-state index in [4.69, 9.17) is 0 Å². The summed E-state index contributed by atoms with van der Waals surface area (Å²) in [4.78, 5) is -1.09. The third-order valence-electron chi connectivity index (χ3n) is 8.83. The normalized spacial score (nSPS) is 13.1. The number of nitrogens with one attached hydrogen (secondary N) is 4. The smallest absolute Gasteiger partial charge is 0.744 e. The number of hydrogen-bond donors (Lipinski definition) is 4. The largest absolute Gasteiger partial charge is 1.00 e. The zero-order valence-corrected chi connectivity index (χ0v) is 43.1. The van der Waals surface area contributed by atoms with Crippen molar-refractivity contribution in [3.05, 3.63) is 108 Å². The maximum atomic E-state index is 12.5. The second-order valence-corrected chi connectivity index (χ2v) is 17.1. The molecule has 0 saturated carbocycles. The molecular weight excluding hydrogens is 905 g/mol. The molecule has 0 fully saturated rings. The SMILES string of the molecule is O=S(=O)([O-])c1ccc2c3c(ccc2c1)NN(c1ccc(/C=C/c2ccc(N4Nc5ccc6cc(SOO[O-])ccc6c5N4)cc2S(=O)(=O)[O-])c(S(=O)(=O)[O-])c1)N3.[Na+].[Na+].[Na+].[Na+]. The Hall–Kier alpha value is -1.66. The van der Waals surface area contributed by atoms with Gasteiger partial charge in [-0.1, -0.05) is 48.6 Å². The van der Waals surface area contributed by atoms with Crippen LogP contribution in [0.25, 0.3) is 33.7 Å². The average molecular weight is 927 g/mol. The second kappa shape index (κ2) is 20.0. The number of anilines is 6. The fraction of sp³-hybridized carbons (Fsp3) is 0. The molecule has 2 heterocycles. The summed E-state index contributed by atoms with van der Waals surface area (Å²) in [7, 11) is -14.9. The summed E-state index contributed by atoms with van der Waals surface area (Å²) < 4.78 is 114. The van der Waals surface area contributed by atoms with Crippen LogP contribution in [-0.4, -0.2) is 38.9 Å². The first-order chi connectivity index (χ1) is 26.6. The summed E-state index contributed by atoms with van der Waals surface area (Å²) >= 11 is 0.735. The predicted molar refractivity (Wildman–Crippen MR) is 201 cm³/mol. The standard InChI is InChI=1S/C34H26N6O12S4.4Na/c41-51-52-53-25-9-11-27-21(15-25)5-13-29-33(27)37-39(35-29)23-7-3-19(31(17-23)55(45,46)47)1-2-20-4-8-24(18-32(20)56(48,49)50)40-36-30-14-6-22-16-26(54(42,43)44)10-12-28(22)34(30)38-40;;;;/h1-18,35-38,41H,(H,42,43,44)(H,45,46,47)(H,48,49,50);;;;/q;4*+1/p-4/b2-1+;;;;. The van der Waals surface area contributed by atoms with E-state index >= 15 is 0 Å². The number of fused-ring (bicyclic) bond motifs is 6. The predicted octanol–water partition coefficient (Wildman–Crippen LogP) is -7.53. The van der Waals surface area contributed by atoms with Crippen molar-refractivity contribution in [1.82, 2.24) is 0 Å². The minimum absolute atomic E-state index is 0. The Morgan fingerprint density at radius 1 is 0.533 bits per heavy atom. The molecule has 8 rings (SSSR count). The zero-order valence-electron chi connectivity index (χ0n) is 31.8. The first-order valence-corrected chi connectivity index (χ1v) is 20.8. The molecule has 26 heteroatoms. The van der Waals surface area contributed by atoms with E-state index in [9.17, 15) is 44.2 Å². The van der Waals surface area contributed by atoms with Crippen LogP contribution in [-0.2, 0) is 39.7 Å². The van der Waals surface area contributed by atoms with Crippen LogP contribution in [0.3, 0.4) is 0 Å². The van der Waals surface area contributed by atoms with E-state index in [1.807, 2.05) is 6.07 Å². The van der Waals surface area contributed by atoms with Gasteiger partial charge in [0.2, 0.25) is 0 Å². The molecule has 18 nitrogen and oxygen atoms in total.